The van der Waals surface area contributed by atoms with Gasteiger partial charge in [-0.05, 0) is 51.4 Å². The van der Waals surface area contributed by atoms with E-state index in [2.05, 4.69) is 55.6 Å². The van der Waals surface area contributed by atoms with Gasteiger partial charge in [0.05, 0.1) is 39.9 Å². The number of rotatable bonds is 48. The van der Waals surface area contributed by atoms with E-state index in [1.807, 2.05) is 21.1 Å². The summed E-state index contributed by atoms with van der Waals surface area (Å²) in [6.07, 6.45) is 56.0. The van der Waals surface area contributed by atoms with Gasteiger partial charge in [0.25, 0.3) is 0 Å². The highest BCUT2D eigenvalue weighted by atomic mass is 31.2. The second kappa shape index (κ2) is 44.9. The van der Waals surface area contributed by atoms with Crippen LogP contribution in [0.2, 0.25) is 0 Å². The zero-order chi connectivity index (χ0) is 45.7. The Bertz CT molecular complexity index is 1110. The number of carbonyl (C=O) groups is 1. The fraction of sp³-hybridized carbons (Fsp3) is 0.868. The van der Waals surface area contributed by atoms with E-state index in [0.29, 0.717) is 23.9 Å². The Morgan fingerprint density at radius 2 is 0.919 bits per heavy atom. The predicted octanol–water partition coefficient (Wildman–Crippen LogP) is 15.4. The third-order valence-electron chi connectivity index (χ3n) is 11.9. The number of likely N-dealkylation sites (N-methyl/N-ethyl adjacent to an activating group) is 1. The van der Waals surface area contributed by atoms with E-state index >= 15 is 0 Å². The van der Waals surface area contributed by atoms with Crippen LogP contribution in [0.25, 0.3) is 0 Å². The monoisotopic (exact) mass is 896 g/mol. The van der Waals surface area contributed by atoms with Crippen LogP contribution in [-0.2, 0) is 18.4 Å². The number of carbonyl (C=O) groups excluding carboxylic acids is 1. The molecule has 0 heterocycles. The Labute approximate surface area is 385 Å². The zero-order valence-electron chi connectivity index (χ0n) is 41.6. The highest BCUT2D eigenvalue weighted by Gasteiger charge is 2.28. The molecule has 3 N–H and O–H groups in total. The van der Waals surface area contributed by atoms with Crippen molar-refractivity contribution in [3.05, 3.63) is 36.5 Å². The molecule has 0 fully saturated rings. The number of amides is 1. The maximum atomic E-state index is 13.0. The molecule has 0 bridgehead atoms. The van der Waals surface area contributed by atoms with Gasteiger partial charge in [0.1, 0.15) is 13.2 Å². The number of phosphoric acid groups is 1. The van der Waals surface area contributed by atoms with Crippen LogP contribution in [0.1, 0.15) is 245 Å². The molecule has 3 atom stereocenters. The SMILES string of the molecule is CCCCCCC/C=C\C/C=C\C/C=C\CCCCCCCCCCC(=O)NC(COP(=O)(O)OCC[N+](C)(C)C)C(O)CCCCCCCCCCCCCCCCCCC. The van der Waals surface area contributed by atoms with Crippen LogP contribution in [0, 0.1) is 0 Å². The maximum Gasteiger partial charge on any atom is 0.472 e. The molecule has 1 amide bonds. The van der Waals surface area contributed by atoms with E-state index < -0.39 is 20.0 Å². The number of hydrogen-bond acceptors (Lipinski definition) is 5. The lowest BCUT2D eigenvalue weighted by Gasteiger charge is -2.26. The molecule has 0 saturated carbocycles. The lowest BCUT2D eigenvalue weighted by Crippen LogP contribution is -2.46. The third kappa shape index (κ3) is 46.7. The van der Waals surface area contributed by atoms with Gasteiger partial charge in [-0.25, -0.2) is 4.57 Å². The van der Waals surface area contributed by atoms with Crippen molar-refractivity contribution in [1.82, 2.24) is 5.32 Å². The van der Waals surface area contributed by atoms with Crippen molar-refractivity contribution in [3.63, 3.8) is 0 Å². The Balaban J connectivity index is 4.25. The summed E-state index contributed by atoms with van der Waals surface area (Å²) in [6, 6.07) is -0.765. The Hall–Kier alpha value is -1.28. The van der Waals surface area contributed by atoms with Gasteiger partial charge in [-0.3, -0.25) is 13.8 Å². The molecule has 0 spiro atoms. The summed E-state index contributed by atoms with van der Waals surface area (Å²) in [4.78, 5) is 23.3. The van der Waals surface area contributed by atoms with E-state index in [1.165, 1.54) is 161 Å². The molecule has 0 aromatic heterocycles. The van der Waals surface area contributed by atoms with Crippen LogP contribution in [0.3, 0.4) is 0 Å². The second-order valence-electron chi connectivity index (χ2n) is 19.3. The number of unbranched alkanes of at least 4 members (excludes halogenated alkanes) is 29. The summed E-state index contributed by atoms with van der Waals surface area (Å²) in [6.45, 7) is 4.89. The predicted molar refractivity (Wildman–Crippen MR) is 268 cm³/mol. The Morgan fingerprint density at radius 1 is 0.548 bits per heavy atom. The van der Waals surface area contributed by atoms with E-state index in [-0.39, 0.29) is 19.1 Å². The normalized spacial score (nSPS) is 14.4. The van der Waals surface area contributed by atoms with Crippen LogP contribution < -0.4 is 5.32 Å². The first kappa shape index (κ1) is 60.7. The van der Waals surface area contributed by atoms with Crippen molar-refractivity contribution >= 4 is 13.7 Å². The summed E-state index contributed by atoms with van der Waals surface area (Å²) in [5, 5.41) is 14.0. The number of allylic oxidation sites excluding steroid dienone is 6. The summed E-state index contributed by atoms with van der Waals surface area (Å²) in [7, 11) is 1.61. The first-order chi connectivity index (χ1) is 30.0. The standard InChI is InChI=1S/C53H103N2O6P/c1-6-8-10-12-14-16-18-20-22-24-25-26-27-28-29-31-33-35-37-39-41-43-45-47-53(57)54-51(50-61-62(58,59)60-49-48-55(3,4)5)52(56)46-44-42-40-38-36-34-32-30-23-21-19-17-15-13-11-9-7-2/h18,20,24-25,27-28,51-52,56H,6-17,19,21-23,26,29-50H2,1-5H3,(H-,54,57,58,59)/p+1/b20-18-,25-24-,28-27-. The Kier molecular flexibility index (Phi) is 44.0. The lowest BCUT2D eigenvalue weighted by atomic mass is 10.0. The summed E-state index contributed by atoms with van der Waals surface area (Å²) in [5.74, 6) is -0.150. The smallest absolute Gasteiger partial charge is 0.391 e. The van der Waals surface area contributed by atoms with E-state index in [9.17, 15) is 19.4 Å². The fourth-order valence-corrected chi connectivity index (χ4v) is 8.44. The molecule has 0 saturated heterocycles. The zero-order valence-corrected chi connectivity index (χ0v) is 42.5. The number of nitrogens with zero attached hydrogens (tertiary/aromatic N) is 1. The van der Waals surface area contributed by atoms with Crippen molar-refractivity contribution < 1.29 is 32.9 Å². The van der Waals surface area contributed by atoms with Crippen LogP contribution in [0.4, 0.5) is 0 Å². The molecule has 0 radical (unpaired) electrons. The molecule has 9 heteroatoms. The number of nitrogens with one attached hydrogen (secondary N) is 1. The molecule has 0 aromatic rings. The van der Waals surface area contributed by atoms with Crippen LogP contribution in [0.15, 0.2) is 36.5 Å². The van der Waals surface area contributed by atoms with Gasteiger partial charge < -0.3 is 19.8 Å². The van der Waals surface area contributed by atoms with Gasteiger partial charge in [0, 0.05) is 6.42 Å². The number of aliphatic hydroxyl groups excluding tert-OH is 1. The largest absolute Gasteiger partial charge is 0.472 e. The fourth-order valence-electron chi connectivity index (χ4n) is 7.70. The average Bonchev–Trinajstić information content (AvgIpc) is 3.23. The molecule has 62 heavy (non-hydrogen) atoms. The minimum Gasteiger partial charge on any atom is -0.391 e. The maximum absolute atomic E-state index is 13.0. The summed E-state index contributed by atoms with van der Waals surface area (Å²) < 4.78 is 23.7. The topological polar surface area (TPSA) is 105 Å². The molecule has 366 valence electrons. The summed E-state index contributed by atoms with van der Waals surface area (Å²) >= 11 is 0. The third-order valence-corrected chi connectivity index (χ3v) is 12.9. The minimum absolute atomic E-state index is 0.0729. The van der Waals surface area contributed by atoms with E-state index in [4.69, 9.17) is 9.05 Å². The molecular weight excluding hydrogens is 792 g/mol. The number of aliphatic hydroxyl groups is 1. The average molecular weight is 896 g/mol. The molecule has 0 aromatic carbocycles. The molecule has 0 aliphatic rings. The first-order valence-electron chi connectivity index (χ1n) is 26.4. The van der Waals surface area contributed by atoms with Crippen LogP contribution in [-0.4, -0.2) is 73.4 Å². The van der Waals surface area contributed by atoms with Crippen molar-refractivity contribution in [2.24, 2.45) is 0 Å². The molecule has 0 rings (SSSR count). The van der Waals surface area contributed by atoms with Gasteiger partial charge >= 0.3 is 7.82 Å². The number of phosphoric ester groups is 1. The van der Waals surface area contributed by atoms with Crippen molar-refractivity contribution in [2.75, 3.05) is 40.9 Å². The lowest BCUT2D eigenvalue weighted by molar-refractivity contribution is -0.870. The van der Waals surface area contributed by atoms with Gasteiger partial charge in [-0.1, -0.05) is 224 Å². The van der Waals surface area contributed by atoms with Crippen molar-refractivity contribution in [1.29, 1.82) is 0 Å². The van der Waals surface area contributed by atoms with E-state index in [0.717, 1.165) is 57.8 Å². The minimum atomic E-state index is -4.32. The van der Waals surface area contributed by atoms with Gasteiger partial charge in [0.15, 0.2) is 0 Å². The molecule has 0 aliphatic heterocycles. The molecular formula is C53H104N2O6P+. The van der Waals surface area contributed by atoms with Gasteiger partial charge in [0.2, 0.25) is 5.91 Å². The van der Waals surface area contributed by atoms with Gasteiger partial charge in [-0.15, -0.1) is 0 Å². The van der Waals surface area contributed by atoms with E-state index in [1.54, 1.807) is 0 Å². The molecule has 8 nitrogen and oxygen atoms in total. The number of hydrogen-bond donors (Lipinski definition) is 3. The Morgan fingerprint density at radius 3 is 1.34 bits per heavy atom. The quantitative estimate of drug-likeness (QED) is 0.0243. The van der Waals surface area contributed by atoms with Crippen LogP contribution >= 0.6 is 7.82 Å². The molecule has 3 unspecified atom stereocenters. The second-order valence-corrected chi connectivity index (χ2v) is 20.7. The molecule has 0 aliphatic carbocycles. The van der Waals surface area contributed by atoms with Crippen molar-refractivity contribution in [3.8, 4) is 0 Å². The highest BCUT2D eigenvalue weighted by molar-refractivity contribution is 7.47. The number of quaternary nitrogens is 1. The summed E-state index contributed by atoms with van der Waals surface area (Å²) in [5.41, 5.74) is 0. The van der Waals surface area contributed by atoms with Crippen molar-refractivity contribution in [2.45, 2.75) is 257 Å². The first-order valence-corrected chi connectivity index (χ1v) is 27.8. The highest BCUT2D eigenvalue weighted by Crippen LogP contribution is 2.43. The van der Waals surface area contributed by atoms with Gasteiger partial charge in [-0.2, -0.15) is 0 Å². The van der Waals surface area contributed by atoms with Crippen LogP contribution in [0.5, 0.6) is 0 Å².